The van der Waals surface area contributed by atoms with Crippen molar-refractivity contribution in [1.82, 2.24) is 0 Å². The summed E-state index contributed by atoms with van der Waals surface area (Å²) in [5, 5.41) is 0. The summed E-state index contributed by atoms with van der Waals surface area (Å²) in [6, 6.07) is 13.6. The number of benzene rings is 2. The molecule has 1 aliphatic carbocycles. The first kappa shape index (κ1) is 21.7. The molecule has 0 radical (unpaired) electrons. The summed E-state index contributed by atoms with van der Waals surface area (Å²) in [6.07, 6.45) is -3.29. The molecule has 1 atom stereocenters. The lowest BCUT2D eigenvalue weighted by Crippen LogP contribution is -2.41. The first-order valence-corrected chi connectivity index (χ1v) is 10.1. The third-order valence-corrected chi connectivity index (χ3v) is 5.76. The molecule has 0 amide bonds. The summed E-state index contributed by atoms with van der Waals surface area (Å²) >= 11 is 0. The fourth-order valence-electron chi connectivity index (χ4n) is 4.39. The van der Waals surface area contributed by atoms with Crippen molar-refractivity contribution in [3.63, 3.8) is 0 Å². The second-order valence-electron chi connectivity index (χ2n) is 7.65. The summed E-state index contributed by atoms with van der Waals surface area (Å²) < 4.78 is 45.1. The lowest BCUT2D eigenvalue weighted by molar-refractivity contribution is -0.138. The number of halogens is 3. The van der Waals surface area contributed by atoms with Gasteiger partial charge in [-0.25, -0.2) is 4.79 Å². The van der Waals surface area contributed by atoms with Gasteiger partial charge < -0.3 is 10.5 Å². The molecule has 0 aromatic heterocycles. The van der Waals surface area contributed by atoms with Crippen molar-refractivity contribution in [3.8, 4) is 0 Å². The Kier molecular flexibility index (Phi) is 5.54. The standard InChI is InChI=1S/C24H21F3N2O3/c1-32-23(31)21-19(14-7-3-2-4-8-14)20-17(11-6-12-18(20)30)29(22(21)28)16-10-5-9-15(13-16)24(25,26)27/h2-5,7-10,13,19H,6,11-12,28H2,1H3/t19-/m1/s1. The van der Waals surface area contributed by atoms with Crippen molar-refractivity contribution < 1.29 is 27.5 Å². The number of carbonyl (C=O) groups excluding carboxylic acids is 2. The Morgan fingerprint density at radius 3 is 2.47 bits per heavy atom. The smallest absolute Gasteiger partial charge is 0.416 e. The zero-order valence-corrected chi connectivity index (χ0v) is 17.3. The van der Waals surface area contributed by atoms with E-state index >= 15 is 0 Å². The Bertz CT molecular complexity index is 1140. The van der Waals surface area contributed by atoms with Crippen LogP contribution in [0.5, 0.6) is 0 Å². The number of nitrogens with two attached hydrogens (primary N) is 1. The highest BCUT2D eigenvalue weighted by atomic mass is 19.4. The molecule has 2 aliphatic rings. The summed E-state index contributed by atoms with van der Waals surface area (Å²) in [5.41, 5.74) is 7.33. The normalized spacial score (nSPS) is 19.2. The number of ether oxygens (including phenoxy) is 1. The van der Waals surface area contributed by atoms with Crippen LogP contribution in [0.1, 0.15) is 36.3 Å². The molecule has 5 nitrogen and oxygen atoms in total. The second-order valence-corrected chi connectivity index (χ2v) is 7.65. The van der Waals surface area contributed by atoms with Crippen molar-refractivity contribution >= 4 is 17.4 Å². The van der Waals surface area contributed by atoms with Crippen LogP contribution in [0.4, 0.5) is 18.9 Å². The predicted octanol–water partition coefficient (Wildman–Crippen LogP) is 4.66. The van der Waals surface area contributed by atoms with Gasteiger partial charge >= 0.3 is 12.1 Å². The second kappa shape index (κ2) is 8.18. The maximum atomic E-state index is 13.4. The molecule has 1 aliphatic heterocycles. The molecule has 0 saturated carbocycles. The number of Topliss-reactive ketones (excluding diaryl/α,β-unsaturated/α-hetero) is 1. The van der Waals surface area contributed by atoms with Gasteiger partial charge in [0.25, 0.3) is 0 Å². The van der Waals surface area contributed by atoms with Gasteiger partial charge in [-0.05, 0) is 36.6 Å². The van der Waals surface area contributed by atoms with Gasteiger partial charge in [-0.15, -0.1) is 0 Å². The maximum absolute atomic E-state index is 13.4. The SMILES string of the molecule is COC(=O)C1=C(N)N(c2cccc(C(F)(F)F)c2)C2=C(C(=O)CCC2)[C@H]1c1ccccc1. The quantitative estimate of drug-likeness (QED) is 0.700. The monoisotopic (exact) mass is 442 g/mol. The van der Waals surface area contributed by atoms with E-state index in [-0.39, 0.29) is 29.3 Å². The summed E-state index contributed by atoms with van der Waals surface area (Å²) in [6.45, 7) is 0. The van der Waals surface area contributed by atoms with E-state index in [1.807, 2.05) is 6.07 Å². The molecule has 0 unspecified atom stereocenters. The van der Waals surface area contributed by atoms with E-state index in [1.54, 1.807) is 24.3 Å². The largest absolute Gasteiger partial charge is 0.466 e. The third-order valence-electron chi connectivity index (χ3n) is 5.76. The third kappa shape index (κ3) is 3.66. The van der Waals surface area contributed by atoms with E-state index in [0.29, 0.717) is 29.7 Å². The summed E-state index contributed by atoms with van der Waals surface area (Å²) in [5.74, 6) is -1.70. The number of rotatable bonds is 3. The van der Waals surface area contributed by atoms with E-state index in [2.05, 4.69) is 0 Å². The Morgan fingerprint density at radius 1 is 1.09 bits per heavy atom. The summed E-state index contributed by atoms with van der Waals surface area (Å²) in [4.78, 5) is 27.3. The minimum Gasteiger partial charge on any atom is -0.466 e. The van der Waals surface area contributed by atoms with E-state index in [4.69, 9.17) is 10.5 Å². The molecule has 0 saturated heterocycles. The lowest BCUT2D eigenvalue weighted by atomic mass is 9.75. The van der Waals surface area contributed by atoms with Crippen molar-refractivity contribution in [2.75, 3.05) is 12.0 Å². The van der Waals surface area contributed by atoms with Crippen molar-refractivity contribution in [2.24, 2.45) is 5.73 Å². The average Bonchev–Trinajstić information content (AvgIpc) is 2.78. The van der Waals surface area contributed by atoms with Gasteiger partial charge in [0.1, 0.15) is 5.82 Å². The van der Waals surface area contributed by atoms with Crippen LogP contribution in [0.3, 0.4) is 0 Å². The van der Waals surface area contributed by atoms with Crippen LogP contribution in [0.25, 0.3) is 0 Å². The molecule has 0 fully saturated rings. The number of hydrogen-bond donors (Lipinski definition) is 1. The number of methoxy groups -OCH3 is 1. The zero-order chi connectivity index (χ0) is 23.0. The minimum atomic E-state index is -4.55. The van der Waals surface area contributed by atoms with Crippen LogP contribution in [-0.2, 0) is 20.5 Å². The zero-order valence-electron chi connectivity index (χ0n) is 17.3. The molecule has 32 heavy (non-hydrogen) atoms. The van der Waals surface area contributed by atoms with Gasteiger partial charge in [0.05, 0.1) is 24.2 Å². The Balaban J connectivity index is 1.99. The molecule has 1 heterocycles. The molecule has 8 heteroatoms. The van der Waals surface area contributed by atoms with Crippen molar-refractivity contribution in [1.29, 1.82) is 0 Å². The maximum Gasteiger partial charge on any atom is 0.416 e. The van der Waals surface area contributed by atoms with Gasteiger partial charge in [0.15, 0.2) is 5.78 Å². The topological polar surface area (TPSA) is 72.6 Å². The molecule has 2 N–H and O–H groups in total. The number of anilines is 1. The Morgan fingerprint density at radius 2 is 1.81 bits per heavy atom. The minimum absolute atomic E-state index is 0.0325. The number of hydrogen-bond acceptors (Lipinski definition) is 5. The molecular formula is C24H21F3N2O3. The number of alkyl halides is 3. The van der Waals surface area contributed by atoms with Gasteiger partial charge in [0, 0.05) is 23.4 Å². The van der Waals surface area contributed by atoms with Crippen LogP contribution in [0.2, 0.25) is 0 Å². The molecule has 0 spiro atoms. The molecule has 166 valence electrons. The van der Waals surface area contributed by atoms with Crippen LogP contribution >= 0.6 is 0 Å². The fourth-order valence-corrected chi connectivity index (χ4v) is 4.39. The highest BCUT2D eigenvalue weighted by Gasteiger charge is 2.43. The molecular weight excluding hydrogens is 421 g/mol. The molecule has 2 aromatic carbocycles. The van der Waals surface area contributed by atoms with Crippen LogP contribution in [0, 0.1) is 0 Å². The fraction of sp³-hybridized carbons (Fsp3) is 0.250. The van der Waals surface area contributed by atoms with Crippen LogP contribution in [0.15, 0.2) is 77.3 Å². The first-order chi connectivity index (χ1) is 15.2. The predicted molar refractivity (Wildman–Crippen MR) is 112 cm³/mol. The molecule has 2 aromatic rings. The lowest BCUT2D eigenvalue weighted by Gasteiger charge is -2.40. The van der Waals surface area contributed by atoms with E-state index < -0.39 is 23.6 Å². The highest BCUT2D eigenvalue weighted by Crippen LogP contribution is 2.47. The number of esters is 1. The number of allylic oxidation sites excluding steroid dienone is 2. The van der Waals surface area contributed by atoms with Gasteiger partial charge in [-0.1, -0.05) is 36.4 Å². The van der Waals surface area contributed by atoms with Gasteiger partial charge in [-0.3, -0.25) is 9.69 Å². The van der Waals surface area contributed by atoms with E-state index in [9.17, 15) is 22.8 Å². The van der Waals surface area contributed by atoms with Crippen molar-refractivity contribution in [2.45, 2.75) is 31.4 Å². The van der Waals surface area contributed by atoms with E-state index in [1.165, 1.54) is 24.1 Å². The Hall–Kier alpha value is -3.55. The number of ketones is 1. The van der Waals surface area contributed by atoms with E-state index in [0.717, 1.165) is 12.1 Å². The van der Waals surface area contributed by atoms with Crippen LogP contribution < -0.4 is 10.6 Å². The summed E-state index contributed by atoms with van der Waals surface area (Å²) in [7, 11) is 1.20. The van der Waals surface area contributed by atoms with Gasteiger partial charge in [0.2, 0.25) is 0 Å². The highest BCUT2D eigenvalue weighted by molar-refractivity contribution is 6.05. The molecule has 4 rings (SSSR count). The van der Waals surface area contributed by atoms with Crippen LogP contribution in [-0.4, -0.2) is 18.9 Å². The average molecular weight is 442 g/mol. The number of carbonyl (C=O) groups is 2. The van der Waals surface area contributed by atoms with Crippen molar-refractivity contribution in [3.05, 3.63) is 88.4 Å². The van der Waals surface area contributed by atoms with Gasteiger partial charge in [-0.2, -0.15) is 13.2 Å². The molecule has 0 bridgehead atoms. The first-order valence-electron chi connectivity index (χ1n) is 10.1. The number of nitrogens with zero attached hydrogens (tertiary/aromatic N) is 1. The Labute approximate surface area is 183 Å².